The third-order valence-electron chi connectivity index (χ3n) is 4.46. The first-order chi connectivity index (χ1) is 13.2. The molecular formula is C19H43N3O5. The number of aliphatic hydroxyl groups is 4. The fourth-order valence-electron chi connectivity index (χ4n) is 3.05. The molecule has 0 aliphatic rings. The molecule has 8 heteroatoms. The normalized spacial score (nSPS) is 12.0. The molecule has 0 unspecified atom stereocenters. The van der Waals surface area contributed by atoms with Crippen molar-refractivity contribution in [3.63, 3.8) is 0 Å². The van der Waals surface area contributed by atoms with Gasteiger partial charge in [0.05, 0.1) is 33.0 Å². The Balaban J connectivity index is 4.11. The van der Waals surface area contributed by atoms with E-state index in [0.29, 0.717) is 32.8 Å². The molecule has 0 amide bonds. The lowest BCUT2D eigenvalue weighted by Crippen LogP contribution is -2.37. The molecule has 0 aliphatic heterocycles. The number of nitrogens with zero attached hydrogens (tertiary/aromatic N) is 3. The molecule has 0 aromatic heterocycles. The minimum Gasteiger partial charge on any atom is -0.395 e. The Morgan fingerprint density at radius 2 is 0.889 bits per heavy atom. The maximum Gasteiger partial charge on any atom is 0.0593 e. The predicted molar refractivity (Wildman–Crippen MR) is 108 cm³/mol. The first kappa shape index (κ1) is 26.7. The summed E-state index contributed by atoms with van der Waals surface area (Å²) in [5, 5.41) is 36.6. The fourth-order valence-corrected chi connectivity index (χ4v) is 3.05. The Morgan fingerprint density at radius 1 is 0.519 bits per heavy atom. The van der Waals surface area contributed by atoms with Gasteiger partial charge in [-0.3, -0.25) is 9.80 Å². The van der Waals surface area contributed by atoms with Crippen LogP contribution < -0.4 is 0 Å². The van der Waals surface area contributed by atoms with Gasteiger partial charge in [0.2, 0.25) is 0 Å². The highest BCUT2D eigenvalue weighted by Gasteiger charge is 2.09. The first-order valence-electron chi connectivity index (χ1n) is 10.4. The Hall–Kier alpha value is -0.320. The molecule has 27 heavy (non-hydrogen) atoms. The molecule has 4 N–H and O–H groups in total. The molecule has 0 aromatic rings. The van der Waals surface area contributed by atoms with Crippen LogP contribution in [0.15, 0.2) is 0 Å². The molecule has 0 saturated heterocycles. The van der Waals surface area contributed by atoms with Crippen LogP contribution in [0, 0.1) is 0 Å². The van der Waals surface area contributed by atoms with Gasteiger partial charge in [-0.25, -0.2) is 0 Å². The maximum absolute atomic E-state index is 9.29. The minimum atomic E-state index is 0.100. The average Bonchev–Trinajstić information content (AvgIpc) is 2.65. The summed E-state index contributed by atoms with van der Waals surface area (Å²) in [7, 11) is 0. The van der Waals surface area contributed by atoms with Crippen LogP contribution in [0.1, 0.15) is 26.2 Å². The second kappa shape index (κ2) is 20.4. The molecule has 0 rings (SSSR count). The lowest BCUT2D eigenvalue weighted by Gasteiger charge is -2.26. The molecule has 0 saturated carbocycles. The molecule has 0 aliphatic carbocycles. The van der Waals surface area contributed by atoms with Gasteiger partial charge >= 0.3 is 0 Å². The third-order valence-corrected chi connectivity index (χ3v) is 4.46. The fraction of sp³-hybridized carbons (Fsp3) is 1.00. The van der Waals surface area contributed by atoms with Crippen LogP contribution in [0.4, 0.5) is 0 Å². The average molecular weight is 394 g/mol. The largest absolute Gasteiger partial charge is 0.395 e. The minimum absolute atomic E-state index is 0.100. The van der Waals surface area contributed by atoms with E-state index in [1.54, 1.807) is 0 Å². The van der Waals surface area contributed by atoms with E-state index >= 15 is 0 Å². The van der Waals surface area contributed by atoms with Gasteiger partial charge in [-0.05, 0) is 45.4 Å². The topological polar surface area (TPSA) is 99.9 Å². The number of hydrogen-bond donors (Lipinski definition) is 4. The standard InChI is InChI=1S/C19H43N3O5/c1-2-18-27-19-13-22(12-17-26)8-4-6-20(9-14-23)5-3-7-21(10-15-24)11-16-25/h23-26H,2-19H2,1H3. The molecule has 8 nitrogen and oxygen atoms in total. The van der Waals surface area contributed by atoms with Crippen molar-refractivity contribution >= 4 is 0 Å². The van der Waals surface area contributed by atoms with Crippen molar-refractivity contribution in [2.45, 2.75) is 26.2 Å². The zero-order chi connectivity index (χ0) is 20.2. The van der Waals surface area contributed by atoms with Gasteiger partial charge in [0, 0.05) is 39.3 Å². The highest BCUT2D eigenvalue weighted by atomic mass is 16.5. The molecule has 0 spiro atoms. The van der Waals surface area contributed by atoms with Gasteiger partial charge in [-0.15, -0.1) is 0 Å². The second-order valence-corrected chi connectivity index (χ2v) is 6.74. The van der Waals surface area contributed by atoms with Crippen LogP contribution >= 0.6 is 0 Å². The van der Waals surface area contributed by atoms with Crippen molar-refractivity contribution in [1.82, 2.24) is 14.7 Å². The Labute approximate surface area is 165 Å². The number of rotatable bonds is 21. The molecule has 0 atom stereocenters. The molecule has 164 valence electrons. The van der Waals surface area contributed by atoms with Crippen molar-refractivity contribution in [2.24, 2.45) is 0 Å². The van der Waals surface area contributed by atoms with Crippen LogP contribution in [0.2, 0.25) is 0 Å². The van der Waals surface area contributed by atoms with Crippen LogP contribution in [-0.2, 0) is 4.74 Å². The molecule has 0 aromatic carbocycles. The maximum atomic E-state index is 9.29. The van der Waals surface area contributed by atoms with Crippen molar-refractivity contribution in [1.29, 1.82) is 0 Å². The zero-order valence-corrected chi connectivity index (χ0v) is 17.3. The lowest BCUT2D eigenvalue weighted by molar-refractivity contribution is 0.0928. The first-order valence-corrected chi connectivity index (χ1v) is 10.4. The molecule has 0 heterocycles. The van der Waals surface area contributed by atoms with E-state index in [0.717, 1.165) is 58.6 Å². The lowest BCUT2D eigenvalue weighted by atomic mass is 10.3. The Morgan fingerprint density at radius 3 is 1.26 bits per heavy atom. The number of ether oxygens (including phenoxy) is 1. The summed E-state index contributed by atoms with van der Waals surface area (Å²) < 4.78 is 5.53. The van der Waals surface area contributed by atoms with Crippen LogP contribution in [0.5, 0.6) is 0 Å². The second-order valence-electron chi connectivity index (χ2n) is 6.74. The summed E-state index contributed by atoms with van der Waals surface area (Å²) in [6, 6.07) is 0. The Bertz CT molecular complexity index is 295. The van der Waals surface area contributed by atoms with E-state index in [1.807, 2.05) is 0 Å². The highest BCUT2D eigenvalue weighted by Crippen LogP contribution is 2.00. The van der Waals surface area contributed by atoms with E-state index in [-0.39, 0.29) is 26.4 Å². The van der Waals surface area contributed by atoms with Crippen LogP contribution in [0.3, 0.4) is 0 Å². The number of aliphatic hydroxyl groups excluding tert-OH is 4. The van der Waals surface area contributed by atoms with E-state index < -0.39 is 0 Å². The van der Waals surface area contributed by atoms with E-state index in [9.17, 15) is 10.2 Å². The van der Waals surface area contributed by atoms with Gasteiger partial charge < -0.3 is 30.1 Å². The summed E-state index contributed by atoms with van der Waals surface area (Å²) >= 11 is 0. The summed E-state index contributed by atoms with van der Waals surface area (Å²) in [6.45, 7) is 10.9. The summed E-state index contributed by atoms with van der Waals surface area (Å²) in [5.41, 5.74) is 0. The molecular weight excluding hydrogens is 350 g/mol. The third kappa shape index (κ3) is 16.3. The van der Waals surface area contributed by atoms with Crippen LogP contribution in [0.25, 0.3) is 0 Å². The van der Waals surface area contributed by atoms with Gasteiger partial charge in [-0.1, -0.05) is 6.92 Å². The van der Waals surface area contributed by atoms with E-state index in [4.69, 9.17) is 14.9 Å². The monoisotopic (exact) mass is 393 g/mol. The highest BCUT2D eigenvalue weighted by molar-refractivity contribution is 4.64. The van der Waals surface area contributed by atoms with Gasteiger partial charge in [0.1, 0.15) is 0 Å². The Kier molecular flexibility index (Phi) is 20.2. The molecule has 0 radical (unpaired) electrons. The SMILES string of the molecule is CCCOCCN(CCO)CCCN(CCO)CCCN(CCO)CCO. The summed E-state index contributed by atoms with van der Waals surface area (Å²) in [5.74, 6) is 0. The van der Waals surface area contributed by atoms with Crippen molar-refractivity contribution in [2.75, 3.05) is 98.5 Å². The smallest absolute Gasteiger partial charge is 0.0593 e. The van der Waals surface area contributed by atoms with E-state index in [1.165, 1.54) is 0 Å². The van der Waals surface area contributed by atoms with Crippen molar-refractivity contribution in [3.05, 3.63) is 0 Å². The van der Waals surface area contributed by atoms with Crippen molar-refractivity contribution < 1.29 is 25.2 Å². The number of hydrogen-bond acceptors (Lipinski definition) is 8. The van der Waals surface area contributed by atoms with Gasteiger partial charge in [0.25, 0.3) is 0 Å². The zero-order valence-electron chi connectivity index (χ0n) is 17.3. The molecule has 0 bridgehead atoms. The van der Waals surface area contributed by atoms with Crippen molar-refractivity contribution in [3.8, 4) is 0 Å². The van der Waals surface area contributed by atoms with Gasteiger partial charge in [-0.2, -0.15) is 0 Å². The quantitative estimate of drug-likeness (QED) is 0.186. The molecule has 0 fully saturated rings. The van der Waals surface area contributed by atoms with Crippen LogP contribution in [-0.4, -0.2) is 134 Å². The predicted octanol–water partition coefficient (Wildman–Crippen LogP) is -0.932. The van der Waals surface area contributed by atoms with E-state index in [2.05, 4.69) is 21.6 Å². The summed E-state index contributed by atoms with van der Waals surface area (Å²) in [4.78, 5) is 6.52. The van der Waals surface area contributed by atoms with Gasteiger partial charge in [0.15, 0.2) is 0 Å². The summed E-state index contributed by atoms with van der Waals surface area (Å²) in [6.07, 6.45) is 2.93.